The van der Waals surface area contributed by atoms with Gasteiger partial charge in [0.15, 0.2) is 8.32 Å². The summed E-state index contributed by atoms with van der Waals surface area (Å²) in [6, 6.07) is 12.8. The molecule has 3 rings (SSSR count). The van der Waals surface area contributed by atoms with E-state index in [1.807, 2.05) is 24.3 Å². The molecule has 0 bridgehead atoms. The summed E-state index contributed by atoms with van der Waals surface area (Å²) in [4.78, 5) is 0.345. The summed E-state index contributed by atoms with van der Waals surface area (Å²) in [6.07, 6.45) is 0.782. The predicted octanol–water partition coefficient (Wildman–Crippen LogP) is 5.78. The number of benzene rings is 2. The summed E-state index contributed by atoms with van der Waals surface area (Å²) in [6.45, 7) is 11.1. The van der Waals surface area contributed by atoms with Crippen LogP contribution in [0.2, 0.25) is 18.1 Å². The zero-order chi connectivity index (χ0) is 19.8. The lowest BCUT2D eigenvalue weighted by Gasteiger charge is -2.28. The van der Waals surface area contributed by atoms with E-state index in [1.165, 1.54) is 4.31 Å². The molecule has 0 N–H and O–H groups in total. The van der Waals surface area contributed by atoms with Crippen LogP contribution in [0.5, 0.6) is 0 Å². The quantitative estimate of drug-likeness (QED) is 0.365. The number of nitrogens with zero attached hydrogens (tertiary/aromatic N) is 1. The molecule has 0 saturated heterocycles. The molecule has 0 unspecified atom stereocenters. The van der Waals surface area contributed by atoms with Crippen molar-refractivity contribution in [2.45, 2.75) is 50.2 Å². The zero-order valence-electron chi connectivity index (χ0n) is 16.1. The van der Waals surface area contributed by atoms with E-state index in [1.54, 1.807) is 6.07 Å². The standard InChI is InChI=1S/C20H26BrNO3SSi/c1-5-27(6-2,7-3)25-14-13-16-11-12-19-20-17(16)9-8-10-18(20)22(15(4)21)26(19,23)24/h8-12H,4-7,13-14H2,1-3H3. The Morgan fingerprint density at radius 2 is 1.81 bits per heavy atom. The molecule has 0 atom stereocenters. The first-order valence-electron chi connectivity index (χ1n) is 9.39. The molecule has 0 aromatic heterocycles. The summed E-state index contributed by atoms with van der Waals surface area (Å²) < 4.78 is 33.8. The summed E-state index contributed by atoms with van der Waals surface area (Å²) in [5.41, 5.74) is 1.78. The molecule has 0 spiro atoms. The number of hydrogen-bond acceptors (Lipinski definition) is 3. The second-order valence-electron chi connectivity index (χ2n) is 6.91. The van der Waals surface area contributed by atoms with Gasteiger partial charge in [0, 0.05) is 12.0 Å². The maximum atomic E-state index is 12.9. The van der Waals surface area contributed by atoms with Gasteiger partial charge in [0.1, 0.15) is 0 Å². The molecule has 1 aliphatic rings. The molecule has 0 amide bonds. The number of hydrogen-bond donors (Lipinski definition) is 0. The van der Waals surface area contributed by atoms with Gasteiger partial charge >= 0.3 is 0 Å². The average Bonchev–Trinajstić information content (AvgIpc) is 2.89. The molecule has 7 heteroatoms. The third-order valence-corrected chi connectivity index (χ3v) is 12.8. The molecule has 0 saturated carbocycles. The Labute approximate surface area is 171 Å². The third-order valence-electron chi connectivity index (χ3n) is 5.74. The molecule has 0 radical (unpaired) electrons. The fraction of sp³-hybridized carbons (Fsp3) is 0.400. The fourth-order valence-corrected chi connectivity index (χ4v) is 8.93. The first-order valence-corrected chi connectivity index (χ1v) is 14.2. The van der Waals surface area contributed by atoms with Crippen LogP contribution in [0.15, 0.2) is 46.4 Å². The van der Waals surface area contributed by atoms with E-state index < -0.39 is 18.3 Å². The Hall–Kier alpha value is -1.15. The lowest BCUT2D eigenvalue weighted by Crippen LogP contribution is -2.36. The van der Waals surface area contributed by atoms with Crippen LogP contribution in [0.25, 0.3) is 10.8 Å². The van der Waals surface area contributed by atoms with Gasteiger partial charge in [-0.05, 0) is 63.6 Å². The fourth-order valence-electron chi connectivity index (χ4n) is 3.94. The Balaban J connectivity index is 1.98. The molecular weight excluding hydrogens is 442 g/mol. The van der Waals surface area contributed by atoms with Gasteiger partial charge in [-0.1, -0.05) is 45.5 Å². The summed E-state index contributed by atoms with van der Waals surface area (Å²) in [5, 5.41) is 1.76. The molecule has 2 aromatic rings. The van der Waals surface area contributed by atoms with Gasteiger partial charge in [-0.3, -0.25) is 0 Å². The van der Waals surface area contributed by atoms with Gasteiger partial charge < -0.3 is 4.43 Å². The largest absolute Gasteiger partial charge is 0.416 e. The Morgan fingerprint density at radius 3 is 2.41 bits per heavy atom. The second-order valence-corrected chi connectivity index (χ2v) is 14.4. The summed E-state index contributed by atoms with van der Waals surface area (Å²) >= 11 is 3.24. The Bertz CT molecular complexity index is 978. The van der Waals surface area contributed by atoms with Crippen molar-refractivity contribution in [1.82, 2.24) is 0 Å². The molecule has 0 fully saturated rings. The van der Waals surface area contributed by atoms with Crippen LogP contribution in [-0.4, -0.2) is 23.3 Å². The predicted molar refractivity (Wildman–Crippen MR) is 119 cm³/mol. The van der Waals surface area contributed by atoms with E-state index in [9.17, 15) is 8.42 Å². The van der Waals surface area contributed by atoms with Crippen LogP contribution in [0.3, 0.4) is 0 Å². The van der Waals surface area contributed by atoms with Crippen molar-refractivity contribution >= 4 is 50.7 Å². The van der Waals surface area contributed by atoms with Gasteiger partial charge in [0.25, 0.3) is 10.0 Å². The smallest absolute Gasteiger partial charge is 0.269 e. The van der Waals surface area contributed by atoms with Crippen LogP contribution in [0, 0.1) is 0 Å². The molecule has 27 heavy (non-hydrogen) atoms. The highest BCUT2D eigenvalue weighted by molar-refractivity contribution is 9.11. The van der Waals surface area contributed by atoms with Crippen LogP contribution in [0.4, 0.5) is 5.69 Å². The van der Waals surface area contributed by atoms with Gasteiger partial charge in [-0.2, -0.15) is 0 Å². The lowest BCUT2D eigenvalue weighted by molar-refractivity contribution is 0.304. The first-order chi connectivity index (χ1) is 12.8. The minimum Gasteiger partial charge on any atom is -0.416 e. The number of anilines is 1. The van der Waals surface area contributed by atoms with Crippen molar-refractivity contribution in [3.8, 4) is 0 Å². The van der Waals surface area contributed by atoms with Crippen molar-refractivity contribution in [3.63, 3.8) is 0 Å². The minimum atomic E-state index is -3.61. The minimum absolute atomic E-state index is 0.320. The maximum Gasteiger partial charge on any atom is 0.269 e. The molecule has 4 nitrogen and oxygen atoms in total. The van der Waals surface area contributed by atoms with Gasteiger partial charge in [0.05, 0.1) is 15.2 Å². The van der Waals surface area contributed by atoms with E-state index in [-0.39, 0.29) is 0 Å². The SMILES string of the molecule is C=C(Br)N1c2cccc3c(CCO[Si](CC)(CC)CC)ccc(c23)S1(=O)=O. The second kappa shape index (κ2) is 7.70. The van der Waals surface area contributed by atoms with Crippen molar-refractivity contribution in [3.05, 3.63) is 47.1 Å². The van der Waals surface area contributed by atoms with Crippen LogP contribution >= 0.6 is 15.9 Å². The van der Waals surface area contributed by atoms with Gasteiger partial charge in [-0.15, -0.1) is 0 Å². The molecular formula is C20H26BrNO3SSi. The Kier molecular flexibility index (Phi) is 5.87. The van der Waals surface area contributed by atoms with E-state index in [0.717, 1.165) is 40.9 Å². The number of rotatable bonds is 8. The maximum absolute atomic E-state index is 12.9. The number of sulfonamides is 1. The Morgan fingerprint density at radius 1 is 1.15 bits per heavy atom. The monoisotopic (exact) mass is 467 g/mol. The van der Waals surface area contributed by atoms with Crippen molar-refractivity contribution < 1.29 is 12.8 Å². The lowest BCUT2D eigenvalue weighted by atomic mass is 10.0. The molecule has 146 valence electrons. The van der Waals surface area contributed by atoms with Crippen LogP contribution in [0.1, 0.15) is 26.3 Å². The van der Waals surface area contributed by atoms with Gasteiger partial charge in [0.2, 0.25) is 0 Å². The molecule has 0 aliphatic carbocycles. The van der Waals surface area contributed by atoms with E-state index >= 15 is 0 Å². The van der Waals surface area contributed by atoms with E-state index in [2.05, 4.69) is 43.3 Å². The zero-order valence-corrected chi connectivity index (χ0v) is 19.5. The van der Waals surface area contributed by atoms with Gasteiger partial charge in [-0.25, -0.2) is 12.7 Å². The topological polar surface area (TPSA) is 46.6 Å². The molecule has 1 heterocycles. The average molecular weight is 468 g/mol. The first kappa shape index (κ1) is 20.6. The van der Waals surface area contributed by atoms with Crippen LogP contribution in [-0.2, 0) is 20.9 Å². The highest BCUT2D eigenvalue weighted by Gasteiger charge is 2.37. The van der Waals surface area contributed by atoms with Crippen molar-refractivity contribution in [1.29, 1.82) is 0 Å². The summed E-state index contributed by atoms with van der Waals surface area (Å²) in [7, 11) is -5.23. The summed E-state index contributed by atoms with van der Waals surface area (Å²) in [5.74, 6) is 0. The highest BCUT2D eigenvalue weighted by Crippen LogP contribution is 2.45. The number of halogens is 1. The van der Waals surface area contributed by atoms with E-state index in [0.29, 0.717) is 21.8 Å². The molecule has 1 aliphatic heterocycles. The third kappa shape index (κ3) is 3.39. The van der Waals surface area contributed by atoms with Crippen molar-refractivity contribution in [2.24, 2.45) is 0 Å². The van der Waals surface area contributed by atoms with Crippen LogP contribution < -0.4 is 4.31 Å². The normalized spacial score (nSPS) is 15.5. The van der Waals surface area contributed by atoms with Crippen molar-refractivity contribution in [2.75, 3.05) is 10.9 Å². The van der Waals surface area contributed by atoms with E-state index in [4.69, 9.17) is 4.43 Å². The highest BCUT2D eigenvalue weighted by atomic mass is 79.9. The molecule has 2 aromatic carbocycles.